The summed E-state index contributed by atoms with van der Waals surface area (Å²) < 4.78 is 4.81. The molecule has 0 fully saturated rings. The van der Waals surface area contributed by atoms with Crippen molar-refractivity contribution in [3.05, 3.63) is 28.0 Å². The van der Waals surface area contributed by atoms with Crippen molar-refractivity contribution < 1.29 is 4.52 Å². The van der Waals surface area contributed by atoms with Crippen LogP contribution in [0.4, 0.5) is 0 Å². The van der Waals surface area contributed by atoms with E-state index in [0.717, 1.165) is 11.5 Å². The molecular weight excluding hydrogens is 144 g/mol. The minimum absolute atomic E-state index is 0.433. The van der Waals surface area contributed by atoms with E-state index in [0.29, 0.717) is 13.0 Å². The summed E-state index contributed by atoms with van der Waals surface area (Å²) in [5.41, 5.74) is 8.79. The highest BCUT2D eigenvalue weighted by Crippen LogP contribution is 2.01. The molecule has 0 aliphatic carbocycles. The van der Waals surface area contributed by atoms with Crippen molar-refractivity contribution in [2.45, 2.75) is 13.3 Å². The Morgan fingerprint density at radius 1 is 1.82 bits per heavy atom. The van der Waals surface area contributed by atoms with Gasteiger partial charge >= 0.3 is 0 Å². The zero-order valence-electron chi connectivity index (χ0n) is 6.19. The fraction of sp³-hybridized carbons (Fsp3) is 0.500. The molecule has 58 valence electrons. The van der Waals surface area contributed by atoms with E-state index in [-0.39, 0.29) is 0 Å². The van der Waals surface area contributed by atoms with Gasteiger partial charge in [0.05, 0.1) is 5.69 Å². The number of azide groups is 1. The zero-order valence-corrected chi connectivity index (χ0v) is 6.19. The molecule has 0 N–H and O–H groups in total. The molecule has 0 amide bonds. The van der Waals surface area contributed by atoms with Crippen LogP contribution in [0.5, 0.6) is 0 Å². The Bertz CT molecular complexity index is 274. The minimum Gasteiger partial charge on any atom is -0.361 e. The van der Waals surface area contributed by atoms with E-state index in [9.17, 15) is 0 Å². The Hall–Kier alpha value is -1.48. The SMILES string of the molecule is Cc1cc(CCN=[N+]=[N-])no1. The third-order valence-corrected chi connectivity index (χ3v) is 1.21. The van der Waals surface area contributed by atoms with Crippen LogP contribution in [0.15, 0.2) is 15.7 Å². The predicted octanol–water partition coefficient (Wildman–Crippen LogP) is 1.84. The van der Waals surface area contributed by atoms with Crippen LogP contribution in [-0.4, -0.2) is 11.7 Å². The van der Waals surface area contributed by atoms with E-state index in [4.69, 9.17) is 10.1 Å². The van der Waals surface area contributed by atoms with Crippen molar-refractivity contribution >= 4 is 0 Å². The maximum absolute atomic E-state index is 7.96. The number of nitrogens with zero attached hydrogens (tertiary/aromatic N) is 4. The van der Waals surface area contributed by atoms with Gasteiger partial charge in [-0.25, -0.2) is 0 Å². The highest BCUT2D eigenvalue weighted by Gasteiger charge is 1.97. The van der Waals surface area contributed by atoms with Crippen molar-refractivity contribution in [3.8, 4) is 0 Å². The molecule has 0 aromatic carbocycles. The molecular formula is C6H8N4O. The molecule has 5 nitrogen and oxygen atoms in total. The molecule has 0 aliphatic rings. The third-order valence-electron chi connectivity index (χ3n) is 1.21. The standard InChI is InChI=1S/C6H8N4O/c1-5-4-6(9-11-5)2-3-8-10-7/h4H,2-3H2,1H3. The fourth-order valence-electron chi connectivity index (χ4n) is 0.745. The average Bonchev–Trinajstić information content (AvgIpc) is 2.37. The first-order valence-electron chi connectivity index (χ1n) is 3.26. The maximum Gasteiger partial charge on any atom is 0.133 e. The second kappa shape index (κ2) is 3.63. The van der Waals surface area contributed by atoms with Crippen LogP contribution in [0, 0.1) is 6.92 Å². The molecule has 0 bridgehead atoms. The molecule has 0 unspecified atom stereocenters. The fourth-order valence-corrected chi connectivity index (χ4v) is 0.745. The van der Waals surface area contributed by atoms with E-state index in [2.05, 4.69) is 15.2 Å². The lowest BCUT2D eigenvalue weighted by atomic mass is 10.3. The topological polar surface area (TPSA) is 74.8 Å². The van der Waals surface area contributed by atoms with E-state index in [1.807, 2.05) is 13.0 Å². The van der Waals surface area contributed by atoms with Crippen LogP contribution in [0.1, 0.15) is 11.5 Å². The lowest BCUT2D eigenvalue weighted by molar-refractivity contribution is 0.390. The lowest BCUT2D eigenvalue weighted by Crippen LogP contribution is -1.86. The quantitative estimate of drug-likeness (QED) is 0.376. The first-order valence-corrected chi connectivity index (χ1v) is 3.26. The van der Waals surface area contributed by atoms with Gasteiger partial charge in [-0.2, -0.15) is 0 Å². The molecule has 11 heavy (non-hydrogen) atoms. The molecule has 1 aromatic rings. The number of hydrogen-bond donors (Lipinski definition) is 0. The van der Waals surface area contributed by atoms with Crippen LogP contribution < -0.4 is 0 Å². The van der Waals surface area contributed by atoms with Crippen LogP contribution in [-0.2, 0) is 6.42 Å². The van der Waals surface area contributed by atoms with Gasteiger partial charge in [0.25, 0.3) is 0 Å². The second-order valence-corrected chi connectivity index (χ2v) is 2.13. The Labute approximate surface area is 63.6 Å². The van der Waals surface area contributed by atoms with Crippen LogP contribution >= 0.6 is 0 Å². The minimum atomic E-state index is 0.433. The van der Waals surface area contributed by atoms with Crippen molar-refractivity contribution in [1.29, 1.82) is 0 Å². The summed E-state index contributed by atoms with van der Waals surface area (Å²) in [7, 11) is 0. The third kappa shape index (κ3) is 2.31. The molecule has 5 heteroatoms. The second-order valence-electron chi connectivity index (χ2n) is 2.13. The summed E-state index contributed by atoms with van der Waals surface area (Å²) in [5, 5.41) is 7.10. The lowest BCUT2D eigenvalue weighted by Gasteiger charge is -1.83. The summed E-state index contributed by atoms with van der Waals surface area (Å²) in [6.07, 6.45) is 0.640. The van der Waals surface area contributed by atoms with Gasteiger partial charge in [-0.3, -0.25) is 0 Å². The van der Waals surface area contributed by atoms with E-state index in [1.165, 1.54) is 0 Å². The van der Waals surface area contributed by atoms with Crippen LogP contribution in [0.2, 0.25) is 0 Å². The molecule has 0 radical (unpaired) electrons. The normalized spacial score (nSPS) is 9.18. The predicted molar refractivity (Wildman–Crippen MR) is 39.0 cm³/mol. The molecule has 0 atom stereocenters. The number of rotatable bonds is 3. The maximum atomic E-state index is 7.96. The smallest absolute Gasteiger partial charge is 0.133 e. The van der Waals surface area contributed by atoms with Gasteiger partial charge in [0, 0.05) is 17.5 Å². The first-order chi connectivity index (χ1) is 5.33. The Morgan fingerprint density at radius 3 is 3.18 bits per heavy atom. The number of hydrogen-bond acceptors (Lipinski definition) is 3. The Morgan fingerprint density at radius 2 is 2.64 bits per heavy atom. The zero-order chi connectivity index (χ0) is 8.10. The largest absolute Gasteiger partial charge is 0.361 e. The Balaban J connectivity index is 2.44. The van der Waals surface area contributed by atoms with Gasteiger partial charge in [0.2, 0.25) is 0 Å². The molecule has 1 rings (SSSR count). The van der Waals surface area contributed by atoms with Crippen molar-refractivity contribution in [3.63, 3.8) is 0 Å². The Kier molecular flexibility index (Phi) is 2.52. The first kappa shape index (κ1) is 7.63. The number of aromatic nitrogens is 1. The number of aryl methyl sites for hydroxylation is 1. The summed E-state index contributed by atoms with van der Waals surface area (Å²) in [4.78, 5) is 2.62. The van der Waals surface area contributed by atoms with Gasteiger partial charge in [0.1, 0.15) is 5.76 Å². The van der Waals surface area contributed by atoms with E-state index >= 15 is 0 Å². The van der Waals surface area contributed by atoms with E-state index in [1.54, 1.807) is 0 Å². The van der Waals surface area contributed by atoms with Crippen LogP contribution in [0.25, 0.3) is 10.4 Å². The molecule has 0 saturated carbocycles. The highest BCUT2D eigenvalue weighted by molar-refractivity contribution is 5.03. The van der Waals surface area contributed by atoms with Crippen molar-refractivity contribution in [2.75, 3.05) is 6.54 Å². The van der Waals surface area contributed by atoms with Gasteiger partial charge in [-0.1, -0.05) is 10.3 Å². The summed E-state index contributed by atoms with van der Waals surface area (Å²) in [6.45, 7) is 2.26. The summed E-state index contributed by atoms with van der Waals surface area (Å²) >= 11 is 0. The van der Waals surface area contributed by atoms with Gasteiger partial charge in [-0.05, 0) is 18.9 Å². The van der Waals surface area contributed by atoms with Gasteiger partial charge < -0.3 is 4.52 Å². The van der Waals surface area contributed by atoms with Gasteiger partial charge in [-0.15, -0.1) is 0 Å². The van der Waals surface area contributed by atoms with Crippen LogP contribution in [0.3, 0.4) is 0 Å². The van der Waals surface area contributed by atoms with Crippen molar-refractivity contribution in [2.24, 2.45) is 5.11 Å². The molecule has 0 saturated heterocycles. The monoisotopic (exact) mass is 152 g/mol. The molecule has 1 aromatic heterocycles. The van der Waals surface area contributed by atoms with E-state index < -0.39 is 0 Å². The summed E-state index contributed by atoms with van der Waals surface area (Å²) in [5.74, 6) is 0.779. The van der Waals surface area contributed by atoms with Gasteiger partial charge in [0.15, 0.2) is 0 Å². The highest BCUT2D eigenvalue weighted by atomic mass is 16.5. The molecule has 1 heterocycles. The molecule has 0 spiro atoms. The average molecular weight is 152 g/mol. The molecule has 0 aliphatic heterocycles. The summed E-state index contributed by atoms with van der Waals surface area (Å²) in [6, 6.07) is 1.83. The van der Waals surface area contributed by atoms with Crippen molar-refractivity contribution in [1.82, 2.24) is 5.16 Å².